The molecule has 208 valence electrons. The van der Waals surface area contributed by atoms with Gasteiger partial charge in [0.2, 0.25) is 0 Å². The highest BCUT2D eigenvalue weighted by molar-refractivity contribution is 5.53. The van der Waals surface area contributed by atoms with Gasteiger partial charge >= 0.3 is 0 Å². The normalized spacial score (nSPS) is 13.6. The van der Waals surface area contributed by atoms with E-state index in [1.54, 1.807) is 0 Å². The third kappa shape index (κ3) is 5.97. The third-order valence-corrected chi connectivity index (χ3v) is 8.19. The second-order valence-electron chi connectivity index (χ2n) is 13.5. The van der Waals surface area contributed by atoms with Crippen molar-refractivity contribution in [1.82, 2.24) is 0 Å². The van der Waals surface area contributed by atoms with Gasteiger partial charge in [-0.25, -0.2) is 0 Å². The zero-order valence-corrected chi connectivity index (χ0v) is 25.6. The lowest BCUT2D eigenvalue weighted by Gasteiger charge is -2.25. The molecule has 0 saturated heterocycles. The number of benzene rings is 4. The molecule has 2 heteroatoms. The number of hydrogen-bond acceptors (Lipinski definition) is 2. The highest BCUT2D eigenvalue weighted by atomic mass is 16.5. The third-order valence-electron chi connectivity index (χ3n) is 8.19. The molecule has 0 aliphatic heterocycles. The quantitative estimate of drug-likeness (QED) is 0.226. The Hall–Kier alpha value is -3.52. The summed E-state index contributed by atoms with van der Waals surface area (Å²) in [7, 11) is 3.63. The van der Waals surface area contributed by atoms with Crippen LogP contribution < -0.4 is 9.47 Å². The van der Waals surface area contributed by atoms with Crippen LogP contribution in [0.25, 0.3) is 0 Å². The Morgan fingerprint density at radius 1 is 0.450 bits per heavy atom. The molecule has 2 nitrogen and oxygen atoms in total. The van der Waals surface area contributed by atoms with E-state index in [0.717, 1.165) is 37.2 Å². The minimum atomic E-state index is 0.0460. The summed E-state index contributed by atoms with van der Waals surface area (Å²) in [5.74, 6) is 2.02. The fraction of sp³-hybridized carbons (Fsp3) is 0.368. The van der Waals surface area contributed by atoms with Crippen LogP contribution in [0.15, 0.2) is 72.8 Å². The molecule has 0 unspecified atom stereocenters. The van der Waals surface area contributed by atoms with Crippen molar-refractivity contribution in [1.29, 1.82) is 0 Å². The van der Waals surface area contributed by atoms with Crippen molar-refractivity contribution in [2.24, 2.45) is 0 Å². The average molecular weight is 533 g/mol. The van der Waals surface area contributed by atoms with E-state index in [4.69, 9.17) is 9.47 Å². The van der Waals surface area contributed by atoms with Crippen molar-refractivity contribution in [2.45, 2.75) is 78.1 Å². The second-order valence-corrected chi connectivity index (χ2v) is 13.5. The van der Waals surface area contributed by atoms with Crippen LogP contribution in [0.2, 0.25) is 0 Å². The molecule has 1 aliphatic carbocycles. The SMILES string of the molecule is COc1c2cc(C(C)(C)C)cc1Cc1cccc(c1)Cc1cc(C(C)(C)C)cc(c1OC)Cc1cccc(c1)C2. The standard InChI is InChI=1S/C38H44O2/c1-37(2,3)33-21-29-17-25-11-9-13-27(15-25)19-31-23-34(38(4,5)6)24-32(36(31)40-8)20-28-14-10-12-26(16-28)18-30(22-33)35(29)39-7/h9-16,21-24H,17-20H2,1-8H3. The Bertz CT molecular complexity index is 1330. The minimum Gasteiger partial charge on any atom is -0.496 e. The summed E-state index contributed by atoms with van der Waals surface area (Å²) in [4.78, 5) is 0. The van der Waals surface area contributed by atoms with Crippen LogP contribution in [0.3, 0.4) is 0 Å². The molecule has 40 heavy (non-hydrogen) atoms. The Morgan fingerprint density at radius 2 is 0.725 bits per heavy atom. The summed E-state index contributed by atoms with van der Waals surface area (Å²) < 4.78 is 12.3. The molecule has 4 aromatic carbocycles. The van der Waals surface area contributed by atoms with Gasteiger partial charge in [-0.3, -0.25) is 0 Å². The fourth-order valence-electron chi connectivity index (χ4n) is 6.00. The number of methoxy groups -OCH3 is 2. The Labute approximate surface area is 241 Å². The molecule has 0 saturated carbocycles. The van der Waals surface area contributed by atoms with E-state index >= 15 is 0 Å². The molecular formula is C38H44O2. The van der Waals surface area contributed by atoms with Crippen LogP contribution in [0.5, 0.6) is 11.5 Å². The first-order chi connectivity index (χ1) is 18.9. The van der Waals surface area contributed by atoms with E-state index in [1.807, 2.05) is 14.2 Å². The fourth-order valence-corrected chi connectivity index (χ4v) is 6.00. The van der Waals surface area contributed by atoms with Gasteiger partial charge in [-0.2, -0.15) is 0 Å². The van der Waals surface area contributed by atoms with Gasteiger partial charge < -0.3 is 9.47 Å². The minimum absolute atomic E-state index is 0.0460. The largest absolute Gasteiger partial charge is 0.496 e. The van der Waals surface area contributed by atoms with Gasteiger partial charge in [-0.05, 0) is 66.5 Å². The van der Waals surface area contributed by atoms with Crippen molar-refractivity contribution >= 4 is 0 Å². The van der Waals surface area contributed by atoms with Crippen molar-refractivity contribution in [3.05, 3.63) is 128 Å². The van der Waals surface area contributed by atoms with E-state index < -0.39 is 0 Å². The molecule has 0 fully saturated rings. The van der Waals surface area contributed by atoms with E-state index in [1.165, 1.54) is 55.6 Å². The van der Waals surface area contributed by atoms with E-state index in [2.05, 4.69) is 114 Å². The van der Waals surface area contributed by atoms with Crippen LogP contribution >= 0.6 is 0 Å². The van der Waals surface area contributed by atoms with E-state index in [9.17, 15) is 0 Å². The highest BCUT2D eigenvalue weighted by Gasteiger charge is 2.22. The van der Waals surface area contributed by atoms with Crippen molar-refractivity contribution in [3.63, 3.8) is 0 Å². The zero-order chi connectivity index (χ0) is 28.7. The van der Waals surface area contributed by atoms with Crippen LogP contribution in [-0.4, -0.2) is 14.2 Å². The predicted molar refractivity (Wildman–Crippen MR) is 167 cm³/mol. The number of ether oxygens (including phenoxy) is 2. The number of hydrogen-bond donors (Lipinski definition) is 0. The summed E-state index contributed by atoms with van der Waals surface area (Å²) in [5, 5.41) is 0. The average Bonchev–Trinajstić information content (AvgIpc) is 2.87. The molecule has 0 amide bonds. The molecular weight excluding hydrogens is 488 g/mol. The number of fused-ring (bicyclic) bond motifs is 8. The Balaban J connectivity index is 1.74. The van der Waals surface area contributed by atoms with Gasteiger partial charge in [0.15, 0.2) is 0 Å². The first kappa shape index (κ1) is 28.0. The van der Waals surface area contributed by atoms with Gasteiger partial charge in [0, 0.05) is 25.7 Å². The van der Waals surface area contributed by atoms with Crippen LogP contribution in [0, 0.1) is 0 Å². The van der Waals surface area contributed by atoms with Crippen molar-refractivity contribution in [2.75, 3.05) is 14.2 Å². The van der Waals surface area contributed by atoms with Gasteiger partial charge in [0.25, 0.3) is 0 Å². The maximum Gasteiger partial charge on any atom is 0.125 e. The van der Waals surface area contributed by atoms with Crippen molar-refractivity contribution < 1.29 is 9.47 Å². The molecule has 1 aliphatic rings. The first-order valence-corrected chi connectivity index (χ1v) is 14.5. The van der Waals surface area contributed by atoms with Gasteiger partial charge in [-0.1, -0.05) is 114 Å². The topological polar surface area (TPSA) is 18.5 Å². The highest BCUT2D eigenvalue weighted by Crippen LogP contribution is 2.37. The monoisotopic (exact) mass is 532 g/mol. The van der Waals surface area contributed by atoms with E-state index in [-0.39, 0.29) is 10.8 Å². The number of rotatable bonds is 2. The zero-order valence-electron chi connectivity index (χ0n) is 25.6. The van der Waals surface area contributed by atoms with Gasteiger partial charge in [-0.15, -0.1) is 0 Å². The molecule has 0 radical (unpaired) electrons. The molecule has 0 spiro atoms. The molecule has 0 atom stereocenters. The maximum atomic E-state index is 6.13. The lowest BCUT2D eigenvalue weighted by atomic mass is 9.82. The summed E-state index contributed by atoms with van der Waals surface area (Å²) >= 11 is 0. The van der Waals surface area contributed by atoms with Crippen LogP contribution in [0.1, 0.15) is 97.2 Å². The molecule has 0 aromatic heterocycles. The van der Waals surface area contributed by atoms with Gasteiger partial charge in [0.05, 0.1) is 14.2 Å². The molecule has 4 aromatic rings. The summed E-state index contributed by atoms with van der Waals surface area (Å²) in [6.07, 6.45) is 3.33. The molecule has 0 heterocycles. The van der Waals surface area contributed by atoms with Crippen molar-refractivity contribution in [3.8, 4) is 11.5 Å². The summed E-state index contributed by atoms with van der Waals surface area (Å²) in [5.41, 5.74) is 13.0. The van der Waals surface area contributed by atoms with Gasteiger partial charge in [0.1, 0.15) is 11.5 Å². The lowest BCUT2D eigenvalue weighted by Crippen LogP contribution is -2.14. The molecule has 5 rings (SSSR count). The smallest absolute Gasteiger partial charge is 0.125 e. The van der Waals surface area contributed by atoms with E-state index in [0.29, 0.717) is 0 Å². The van der Waals surface area contributed by atoms with Crippen LogP contribution in [0.4, 0.5) is 0 Å². The summed E-state index contributed by atoms with van der Waals surface area (Å²) in [6.45, 7) is 13.8. The molecule has 8 bridgehead atoms. The Kier molecular flexibility index (Phi) is 7.57. The Morgan fingerprint density at radius 3 is 0.950 bits per heavy atom. The molecule has 0 N–H and O–H groups in total. The maximum absolute atomic E-state index is 6.13. The second kappa shape index (κ2) is 10.8. The lowest BCUT2D eigenvalue weighted by molar-refractivity contribution is 0.405. The first-order valence-electron chi connectivity index (χ1n) is 14.5. The van der Waals surface area contributed by atoms with Crippen LogP contribution in [-0.2, 0) is 36.5 Å². The predicted octanol–water partition coefficient (Wildman–Crippen LogP) is 8.98. The summed E-state index contributed by atoms with van der Waals surface area (Å²) in [6, 6.07) is 27.5.